The van der Waals surface area contributed by atoms with E-state index in [1.807, 2.05) is 30.3 Å². The predicted molar refractivity (Wildman–Crippen MR) is 53.1 cm³/mol. The van der Waals surface area contributed by atoms with Gasteiger partial charge in [-0.3, -0.25) is 4.80 Å². The number of rotatable bonds is 3. The molecule has 0 amide bonds. The summed E-state index contributed by atoms with van der Waals surface area (Å²) in [6.07, 6.45) is 0.816. The molecule has 0 N–H and O–H groups in total. The van der Waals surface area contributed by atoms with E-state index in [0.29, 0.717) is 6.04 Å². The average Bonchev–Trinajstić information content (AvgIpc) is 2.02. The molecule has 0 aliphatic heterocycles. The third-order valence-corrected chi connectivity index (χ3v) is 3.41. The van der Waals surface area contributed by atoms with Crippen molar-refractivity contribution in [2.24, 2.45) is 0 Å². The Hall–Kier alpha value is -0.313. The van der Waals surface area contributed by atoms with Gasteiger partial charge in [-0.25, -0.2) is 0 Å². The molecule has 1 rings (SSSR count). The lowest BCUT2D eigenvalue weighted by molar-refractivity contribution is 0.442. The summed E-state index contributed by atoms with van der Waals surface area (Å²) in [5, 5.41) is 0. The predicted octanol–water partition coefficient (Wildman–Crippen LogP) is 2.97. The first kappa shape index (κ1) is 9.77. The molecule has 0 aliphatic rings. The molecule has 0 aromatic heterocycles. The van der Waals surface area contributed by atoms with Crippen LogP contribution in [0.3, 0.4) is 0 Å². The molecule has 1 nitrogen and oxygen atoms in total. The van der Waals surface area contributed by atoms with E-state index in [0.717, 1.165) is 6.42 Å². The van der Waals surface area contributed by atoms with Gasteiger partial charge in [-0.1, -0.05) is 30.3 Å². The highest BCUT2D eigenvalue weighted by molar-refractivity contribution is 7.15. The zero-order chi connectivity index (χ0) is 9.03. The molecule has 0 heterocycles. The monoisotopic (exact) mass is 199 g/mol. The van der Waals surface area contributed by atoms with Crippen molar-refractivity contribution in [1.29, 1.82) is 0 Å². The van der Waals surface area contributed by atoms with Gasteiger partial charge in [0.15, 0.2) is 0 Å². The van der Waals surface area contributed by atoms with Gasteiger partial charge in [-0.15, -0.1) is 11.1 Å². The van der Waals surface area contributed by atoms with Gasteiger partial charge in [0.25, 0.3) is 0 Å². The Labute approximate surface area is 78.8 Å². The molecular weight excluding hydrogens is 188 g/mol. The van der Waals surface area contributed by atoms with Crippen molar-refractivity contribution in [3.8, 4) is 0 Å². The van der Waals surface area contributed by atoms with Crippen molar-refractivity contribution in [3.63, 3.8) is 0 Å². The summed E-state index contributed by atoms with van der Waals surface area (Å²) in [4.78, 5) is 11.2. The van der Waals surface area contributed by atoms with Crippen molar-refractivity contribution in [2.45, 2.75) is 19.0 Å². The Balaban J connectivity index is 2.44. The van der Waals surface area contributed by atoms with E-state index in [9.17, 15) is 4.80 Å². The van der Waals surface area contributed by atoms with Crippen molar-refractivity contribution in [2.75, 3.05) is 0 Å². The van der Waals surface area contributed by atoms with Crippen molar-refractivity contribution in [3.05, 3.63) is 35.9 Å². The molecule has 0 spiro atoms. The van der Waals surface area contributed by atoms with E-state index < -0.39 is 7.63 Å². The highest BCUT2D eigenvalue weighted by atomic mass is 35.6. The van der Waals surface area contributed by atoms with Crippen LogP contribution in [0.2, 0.25) is 12.6 Å². The average molecular weight is 200 g/mol. The van der Waals surface area contributed by atoms with Crippen molar-refractivity contribution >= 4 is 18.7 Å². The zero-order valence-electron chi connectivity index (χ0n) is 7.09. The van der Waals surface area contributed by atoms with Crippen LogP contribution in [0.5, 0.6) is 0 Å². The summed E-state index contributed by atoms with van der Waals surface area (Å²) in [5.74, 6) is 0. The molecule has 12 heavy (non-hydrogen) atoms. The van der Waals surface area contributed by atoms with Crippen molar-refractivity contribution < 1.29 is 4.80 Å². The summed E-state index contributed by atoms with van der Waals surface area (Å²) >= 11 is 5.67. The standard InChI is InChI=1S/C9H12ClOSi/c1-12(10,11)8-7-9-5-3-2-4-6-9/h2-6H,7-8H2,1H3. The van der Waals surface area contributed by atoms with Gasteiger partial charge in [0.2, 0.25) is 0 Å². The van der Waals surface area contributed by atoms with E-state index in [1.165, 1.54) is 5.56 Å². The van der Waals surface area contributed by atoms with Gasteiger partial charge in [-0.05, 0) is 24.6 Å². The fourth-order valence-electron chi connectivity index (χ4n) is 1.01. The van der Waals surface area contributed by atoms with Gasteiger partial charge in [-0.2, -0.15) is 0 Å². The first-order chi connectivity index (χ1) is 5.58. The van der Waals surface area contributed by atoms with E-state index in [2.05, 4.69) is 0 Å². The fourth-order valence-corrected chi connectivity index (χ4v) is 2.03. The molecule has 0 saturated heterocycles. The molecule has 3 heteroatoms. The minimum atomic E-state index is -2.62. The second-order valence-corrected chi connectivity index (χ2v) is 8.19. The summed E-state index contributed by atoms with van der Waals surface area (Å²) in [6.45, 7) is 1.64. The largest absolute Gasteiger partial charge is 0.327 e. The van der Waals surface area contributed by atoms with Gasteiger partial charge in [0.05, 0.1) is 0 Å². The Morgan fingerprint density at radius 1 is 1.33 bits per heavy atom. The summed E-state index contributed by atoms with van der Waals surface area (Å²) < 4.78 is 0. The maximum Gasteiger partial charge on any atom is 0.327 e. The van der Waals surface area contributed by atoms with E-state index in [-0.39, 0.29) is 0 Å². The highest BCUT2D eigenvalue weighted by Crippen LogP contribution is 2.15. The molecule has 65 valence electrons. The smallest absolute Gasteiger partial charge is 0.277 e. The second-order valence-electron chi connectivity index (χ2n) is 3.09. The molecule has 0 saturated carbocycles. The lowest BCUT2D eigenvalue weighted by atomic mass is 10.2. The molecule has 0 aliphatic carbocycles. The minimum absolute atomic E-state index is 0.610. The molecule has 0 fully saturated rings. The van der Waals surface area contributed by atoms with Crippen LogP contribution in [0.1, 0.15) is 5.56 Å². The van der Waals surface area contributed by atoms with Gasteiger partial charge in [0.1, 0.15) is 0 Å². The van der Waals surface area contributed by atoms with Crippen LogP contribution in [0, 0.1) is 0 Å². The zero-order valence-corrected chi connectivity index (χ0v) is 8.84. The Morgan fingerprint density at radius 2 is 1.92 bits per heavy atom. The topological polar surface area (TPSA) is 19.9 Å². The van der Waals surface area contributed by atoms with Gasteiger partial charge >= 0.3 is 7.63 Å². The van der Waals surface area contributed by atoms with Crippen LogP contribution in [0.15, 0.2) is 30.3 Å². The van der Waals surface area contributed by atoms with Crippen LogP contribution < -0.4 is 0 Å². The van der Waals surface area contributed by atoms with Gasteiger partial charge < -0.3 is 0 Å². The van der Waals surface area contributed by atoms with Crippen LogP contribution >= 0.6 is 11.1 Å². The lowest BCUT2D eigenvalue weighted by Gasteiger charge is -2.07. The Morgan fingerprint density at radius 3 is 2.42 bits per heavy atom. The second kappa shape index (κ2) is 4.08. The molecule has 1 unspecified atom stereocenters. The van der Waals surface area contributed by atoms with Crippen LogP contribution in [0.4, 0.5) is 0 Å². The minimum Gasteiger partial charge on any atom is -0.277 e. The fraction of sp³-hybridized carbons (Fsp3) is 0.333. The van der Waals surface area contributed by atoms with Crippen LogP contribution in [-0.4, -0.2) is 7.63 Å². The van der Waals surface area contributed by atoms with Crippen LogP contribution in [-0.2, 0) is 11.2 Å². The Kier molecular flexibility index (Phi) is 3.32. The molecule has 1 radical (unpaired) electrons. The molecule has 0 bridgehead atoms. The first-order valence-corrected chi connectivity index (χ1v) is 7.64. The van der Waals surface area contributed by atoms with Crippen LogP contribution in [0.25, 0.3) is 0 Å². The summed E-state index contributed by atoms with van der Waals surface area (Å²) in [6, 6.07) is 10.6. The maximum absolute atomic E-state index is 11.2. The van der Waals surface area contributed by atoms with E-state index in [1.54, 1.807) is 6.55 Å². The SMILES string of the molecule is C[Si]([O])(Cl)CCc1ccccc1. The summed E-state index contributed by atoms with van der Waals surface area (Å²) in [5.41, 5.74) is 1.20. The number of hydrogen-bond donors (Lipinski definition) is 0. The molecular formula is C9H12ClOSi. The highest BCUT2D eigenvalue weighted by Gasteiger charge is 2.22. The van der Waals surface area contributed by atoms with E-state index in [4.69, 9.17) is 11.1 Å². The number of halogens is 1. The maximum atomic E-state index is 11.2. The third kappa shape index (κ3) is 3.90. The van der Waals surface area contributed by atoms with Crippen molar-refractivity contribution in [1.82, 2.24) is 0 Å². The number of aryl methyl sites for hydroxylation is 1. The molecule has 1 aromatic carbocycles. The molecule has 1 aromatic rings. The quantitative estimate of drug-likeness (QED) is 0.527. The Bertz CT molecular complexity index is 230. The molecule has 1 atom stereocenters. The number of benzene rings is 1. The first-order valence-electron chi connectivity index (χ1n) is 4.01. The van der Waals surface area contributed by atoms with Gasteiger partial charge in [0, 0.05) is 0 Å². The summed E-state index contributed by atoms with van der Waals surface area (Å²) in [7, 11) is -2.62. The lowest BCUT2D eigenvalue weighted by Crippen LogP contribution is -2.19. The van der Waals surface area contributed by atoms with E-state index >= 15 is 0 Å². The number of hydrogen-bond acceptors (Lipinski definition) is 0. The third-order valence-electron chi connectivity index (χ3n) is 1.70. The normalized spacial score (nSPS) is 15.6.